The van der Waals surface area contributed by atoms with E-state index in [0.717, 1.165) is 39.0 Å². The highest BCUT2D eigenvalue weighted by molar-refractivity contribution is 5.28. The normalized spacial score (nSPS) is 23.5. The molecule has 0 aromatic carbocycles. The molecular weight excluding hydrogens is 382 g/mol. The van der Waals surface area contributed by atoms with Crippen LogP contribution in [0.5, 0.6) is 0 Å². The number of halogens is 2. The summed E-state index contributed by atoms with van der Waals surface area (Å²) in [4.78, 5) is 4.58. The van der Waals surface area contributed by atoms with Gasteiger partial charge in [-0.1, -0.05) is 30.9 Å². The van der Waals surface area contributed by atoms with Crippen molar-refractivity contribution < 1.29 is 8.78 Å². The van der Waals surface area contributed by atoms with Crippen molar-refractivity contribution in [3.63, 3.8) is 0 Å². The lowest BCUT2D eigenvalue weighted by Crippen LogP contribution is -2.35. The van der Waals surface area contributed by atoms with Gasteiger partial charge in [0, 0.05) is 63.8 Å². The quantitative estimate of drug-likeness (QED) is 0.299. The summed E-state index contributed by atoms with van der Waals surface area (Å²) in [6, 6.07) is 0. The first-order valence-electron chi connectivity index (χ1n) is 10.6. The maximum Gasteiger partial charge on any atom is 0.251 e. The third kappa shape index (κ3) is 7.08. The molecule has 1 saturated carbocycles. The van der Waals surface area contributed by atoms with E-state index in [0.29, 0.717) is 12.3 Å². The van der Waals surface area contributed by atoms with Crippen LogP contribution in [0.2, 0.25) is 0 Å². The minimum absolute atomic E-state index is 0.0791. The highest BCUT2D eigenvalue weighted by Gasteiger charge is 2.56. The molecule has 0 radical (unpaired) electrons. The zero-order chi connectivity index (χ0) is 22.0. The van der Waals surface area contributed by atoms with Gasteiger partial charge in [-0.15, -0.1) is 0 Å². The molecule has 4 nitrogen and oxygen atoms in total. The second kappa shape index (κ2) is 11.6. The summed E-state index contributed by atoms with van der Waals surface area (Å²) in [5.41, 5.74) is 2.60. The Labute approximate surface area is 179 Å². The van der Waals surface area contributed by atoms with Crippen molar-refractivity contribution in [1.29, 1.82) is 0 Å². The van der Waals surface area contributed by atoms with E-state index < -0.39 is 11.8 Å². The van der Waals surface area contributed by atoms with Crippen LogP contribution in [0.25, 0.3) is 0 Å². The van der Waals surface area contributed by atoms with Crippen molar-refractivity contribution in [2.24, 2.45) is 22.0 Å². The molecule has 2 fully saturated rings. The predicted molar refractivity (Wildman–Crippen MR) is 123 cm³/mol. The largest absolute Gasteiger partial charge is 0.373 e. The van der Waals surface area contributed by atoms with Gasteiger partial charge in [0.1, 0.15) is 0 Å². The van der Waals surface area contributed by atoms with Gasteiger partial charge in [-0.25, -0.2) is 8.78 Å². The van der Waals surface area contributed by atoms with Gasteiger partial charge < -0.3 is 9.80 Å². The molecule has 1 unspecified atom stereocenters. The van der Waals surface area contributed by atoms with E-state index in [4.69, 9.17) is 0 Å². The van der Waals surface area contributed by atoms with Crippen LogP contribution < -0.4 is 0 Å². The van der Waals surface area contributed by atoms with Gasteiger partial charge in [0.05, 0.1) is 0 Å². The van der Waals surface area contributed by atoms with Crippen molar-refractivity contribution in [1.82, 2.24) is 9.80 Å². The fourth-order valence-electron chi connectivity index (χ4n) is 3.88. The SMILES string of the molecule is C=C/C(=C\C=C/C)C1CCN(C2=CCN(CCC3CC3(F)F)C=C2)CC1.C=NN=C. The molecule has 0 aromatic heterocycles. The lowest BCUT2D eigenvalue weighted by molar-refractivity contribution is 0.0953. The Kier molecular flexibility index (Phi) is 9.21. The molecule has 2 heterocycles. The molecular formula is C24H34F2N4. The maximum atomic E-state index is 13.0. The number of rotatable bonds is 8. The van der Waals surface area contributed by atoms with Crippen LogP contribution in [0.4, 0.5) is 8.78 Å². The van der Waals surface area contributed by atoms with E-state index in [9.17, 15) is 8.78 Å². The van der Waals surface area contributed by atoms with E-state index in [-0.39, 0.29) is 6.42 Å². The Morgan fingerprint density at radius 1 is 1.27 bits per heavy atom. The van der Waals surface area contributed by atoms with Gasteiger partial charge in [0.15, 0.2) is 0 Å². The average Bonchev–Trinajstić information content (AvgIpc) is 3.40. The number of nitrogens with zero attached hydrogens (tertiary/aromatic N) is 4. The molecule has 1 atom stereocenters. The molecule has 0 spiro atoms. The van der Waals surface area contributed by atoms with E-state index in [2.05, 4.69) is 70.5 Å². The lowest BCUT2D eigenvalue weighted by Gasteiger charge is -2.36. The van der Waals surface area contributed by atoms with Crippen LogP contribution in [-0.2, 0) is 0 Å². The van der Waals surface area contributed by atoms with Crippen molar-refractivity contribution in [3.05, 3.63) is 60.5 Å². The topological polar surface area (TPSA) is 31.2 Å². The van der Waals surface area contributed by atoms with Crippen molar-refractivity contribution in [2.45, 2.75) is 38.5 Å². The van der Waals surface area contributed by atoms with Gasteiger partial charge in [-0.3, -0.25) is 0 Å². The average molecular weight is 417 g/mol. The second-order valence-corrected chi connectivity index (χ2v) is 7.83. The van der Waals surface area contributed by atoms with Crippen LogP contribution in [0, 0.1) is 11.8 Å². The summed E-state index contributed by atoms with van der Waals surface area (Å²) in [6.45, 7) is 15.6. The number of hydrogen-bond acceptors (Lipinski definition) is 4. The van der Waals surface area contributed by atoms with Crippen molar-refractivity contribution >= 4 is 13.4 Å². The smallest absolute Gasteiger partial charge is 0.251 e. The molecule has 30 heavy (non-hydrogen) atoms. The zero-order valence-corrected chi connectivity index (χ0v) is 18.0. The molecule has 3 rings (SSSR count). The molecule has 0 amide bonds. The van der Waals surface area contributed by atoms with Crippen LogP contribution in [0.15, 0.2) is 70.7 Å². The number of alkyl halides is 2. The molecule has 164 valence electrons. The molecule has 0 bridgehead atoms. The summed E-state index contributed by atoms with van der Waals surface area (Å²) in [6.07, 6.45) is 17.7. The Bertz CT molecular complexity index is 707. The Balaban J connectivity index is 0.000000735. The van der Waals surface area contributed by atoms with Crippen molar-refractivity contribution in [2.75, 3.05) is 26.2 Å². The minimum atomic E-state index is -2.39. The highest BCUT2D eigenvalue weighted by atomic mass is 19.3. The molecule has 6 heteroatoms. The fourth-order valence-corrected chi connectivity index (χ4v) is 3.88. The number of hydrogen-bond donors (Lipinski definition) is 0. The predicted octanol–water partition coefficient (Wildman–Crippen LogP) is 5.45. The number of likely N-dealkylation sites (tertiary alicyclic amines) is 1. The van der Waals surface area contributed by atoms with Gasteiger partial charge in [-0.05, 0) is 49.8 Å². The molecule has 3 aliphatic rings. The van der Waals surface area contributed by atoms with E-state index >= 15 is 0 Å². The molecule has 2 aliphatic heterocycles. The van der Waals surface area contributed by atoms with Gasteiger partial charge in [0.25, 0.3) is 5.92 Å². The van der Waals surface area contributed by atoms with Crippen LogP contribution in [0.1, 0.15) is 32.6 Å². The van der Waals surface area contributed by atoms with E-state index in [1.165, 1.54) is 11.3 Å². The van der Waals surface area contributed by atoms with Gasteiger partial charge >= 0.3 is 0 Å². The lowest BCUT2D eigenvalue weighted by atomic mass is 9.88. The molecule has 0 N–H and O–H groups in total. The molecule has 1 aliphatic carbocycles. The first-order chi connectivity index (χ1) is 14.4. The van der Waals surface area contributed by atoms with Gasteiger partial charge in [-0.2, -0.15) is 10.2 Å². The minimum Gasteiger partial charge on any atom is -0.373 e. The Hall–Kier alpha value is -2.50. The zero-order valence-electron chi connectivity index (χ0n) is 18.0. The third-order valence-electron chi connectivity index (χ3n) is 5.86. The monoisotopic (exact) mass is 416 g/mol. The molecule has 1 saturated heterocycles. The summed E-state index contributed by atoms with van der Waals surface area (Å²) < 4.78 is 25.9. The van der Waals surface area contributed by atoms with Crippen LogP contribution >= 0.6 is 0 Å². The number of piperidine rings is 1. The Morgan fingerprint density at radius 3 is 2.40 bits per heavy atom. The standard InChI is InChI=1S/C22H30F2N2.C2H4N2/c1-3-5-6-18(4-2)19-7-15-26(16-8-19)21-10-13-25(14-11-21)12-9-20-17-22(20,23)24;1-3-4-2/h3-6,10-11,13,19-20H,2,7-9,12,14-17H2,1H3;1-2H2/b5-3-,18-6+;. The van der Waals surface area contributed by atoms with Crippen LogP contribution in [-0.4, -0.2) is 55.3 Å². The molecule has 0 aromatic rings. The van der Waals surface area contributed by atoms with Crippen LogP contribution in [0.3, 0.4) is 0 Å². The van der Waals surface area contributed by atoms with Crippen molar-refractivity contribution in [3.8, 4) is 0 Å². The van der Waals surface area contributed by atoms with E-state index in [1.54, 1.807) is 0 Å². The number of allylic oxidation sites excluding steroid dienone is 6. The first kappa shape index (κ1) is 23.8. The maximum absolute atomic E-state index is 13.0. The summed E-state index contributed by atoms with van der Waals surface area (Å²) in [5.74, 6) is -2.20. The third-order valence-corrected chi connectivity index (χ3v) is 5.86. The summed E-state index contributed by atoms with van der Waals surface area (Å²) in [5, 5.41) is 6.00. The summed E-state index contributed by atoms with van der Waals surface area (Å²) >= 11 is 0. The first-order valence-corrected chi connectivity index (χ1v) is 10.6. The fraction of sp³-hybridized carbons (Fsp3) is 0.500. The Morgan fingerprint density at radius 2 is 1.93 bits per heavy atom. The second-order valence-electron chi connectivity index (χ2n) is 7.83. The van der Waals surface area contributed by atoms with E-state index in [1.807, 2.05) is 19.1 Å². The summed E-state index contributed by atoms with van der Waals surface area (Å²) in [7, 11) is 0. The van der Waals surface area contributed by atoms with Gasteiger partial charge in [0.2, 0.25) is 0 Å². The highest BCUT2D eigenvalue weighted by Crippen LogP contribution is 2.50.